The van der Waals surface area contributed by atoms with E-state index in [0.29, 0.717) is 5.69 Å². The van der Waals surface area contributed by atoms with Crippen molar-refractivity contribution in [2.24, 2.45) is 5.73 Å². The quantitative estimate of drug-likeness (QED) is 0.171. The first kappa shape index (κ1) is 24.4. The van der Waals surface area contributed by atoms with Gasteiger partial charge in [-0.3, -0.25) is 19.2 Å². The Hall–Kier alpha value is -2.64. The van der Waals surface area contributed by atoms with Crippen molar-refractivity contribution >= 4 is 36.3 Å². The third-order valence-corrected chi connectivity index (χ3v) is 4.30. The summed E-state index contributed by atoms with van der Waals surface area (Å²) in [6, 6.07) is -4.74. The van der Waals surface area contributed by atoms with E-state index in [1.165, 1.54) is 26.4 Å². The highest BCUT2D eigenvalue weighted by molar-refractivity contribution is 7.80. The fraction of sp³-hybridized carbons (Fsp3) is 0.562. The number of nitrogens with two attached hydrogens (primary N) is 1. The van der Waals surface area contributed by atoms with Crippen LogP contribution in [0.25, 0.3) is 0 Å². The number of aliphatic hydroxyl groups is 1. The molecule has 0 spiro atoms. The Balaban J connectivity index is 2.73. The Kier molecular flexibility index (Phi) is 9.58. The summed E-state index contributed by atoms with van der Waals surface area (Å²) in [4.78, 5) is 54.3. The van der Waals surface area contributed by atoms with Crippen LogP contribution in [0, 0.1) is 0 Å². The fourth-order valence-electron chi connectivity index (χ4n) is 2.22. The first-order valence-corrected chi connectivity index (χ1v) is 9.35. The summed E-state index contributed by atoms with van der Waals surface area (Å²) in [5.41, 5.74) is 6.43. The monoisotopic (exact) mass is 430 g/mol. The van der Waals surface area contributed by atoms with Crippen molar-refractivity contribution in [3.8, 4) is 0 Å². The summed E-state index contributed by atoms with van der Waals surface area (Å²) < 4.78 is 0. The standard InChI is InChI=1S/C16H26N6O6S/c1-7(16(27)28)20-14(25)11(5-29)21-15(26)12(8(2)23)22-13(24)10(17)3-9-4-18-6-19-9/h4,6-8,10-12,23,29H,3,5,17H2,1-2H3,(H,18,19)(H,20,25)(H,21,26)(H,22,24)(H,27,28). The predicted octanol–water partition coefficient (Wildman–Crippen LogP) is -2.85. The van der Waals surface area contributed by atoms with Crippen LogP contribution in [0.5, 0.6) is 0 Å². The van der Waals surface area contributed by atoms with Gasteiger partial charge in [-0.05, 0) is 13.8 Å². The third-order valence-electron chi connectivity index (χ3n) is 3.94. The Morgan fingerprint density at radius 1 is 1.17 bits per heavy atom. The second kappa shape index (κ2) is 11.4. The molecule has 5 unspecified atom stereocenters. The highest BCUT2D eigenvalue weighted by atomic mass is 32.1. The van der Waals surface area contributed by atoms with Gasteiger partial charge in [0.05, 0.1) is 18.5 Å². The summed E-state index contributed by atoms with van der Waals surface area (Å²) in [6.07, 6.45) is 1.77. The number of aromatic amines is 1. The normalized spacial score (nSPS) is 16.0. The smallest absolute Gasteiger partial charge is 0.325 e. The van der Waals surface area contributed by atoms with Crippen LogP contribution < -0.4 is 21.7 Å². The number of carbonyl (C=O) groups is 4. The lowest BCUT2D eigenvalue weighted by atomic mass is 10.1. The lowest BCUT2D eigenvalue weighted by Crippen LogP contribution is -2.60. The third kappa shape index (κ3) is 7.71. The van der Waals surface area contributed by atoms with E-state index in [-0.39, 0.29) is 12.2 Å². The molecule has 0 fully saturated rings. The number of hydrogen-bond donors (Lipinski definition) is 8. The molecule has 0 saturated heterocycles. The van der Waals surface area contributed by atoms with Gasteiger partial charge in [0.15, 0.2) is 0 Å². The molecule has 1 aromatic rings. The number of hydrogen-bond acceptors (Lipinski definition) is 8. The van der Waals surface area contributed by atoms with Crippen LogP contribution in [0.2, 0.25) is 0 Å². The van der Waals surface area contributed by atoms with Crippen LogP contribution in [0.4, 0.5) is 0 Å². The molecule has 0 radical (unpaired) electrons. The van der Waals surface area contributed by atoms with E-state index in [1.54, 1.807) is 0 Å². The van der Waals surface area contributed by atoms with Gasteiger partial charge in [0.2, 0.25) is 17.7 Å². The number of aliphatic carboxylic acids is 1. The van der Waals surface area contributed by atoms with Crippen LogP contribution in [0.1, 0.15) is 19.5 Å². The van der Waals surface area contributed by atoms with Crippen molar-refractivity contribution in [2.45, 2.75) is 50.5 Å². The first-order chi connectivity index (χ1) is 13.6. The summed E-state index contributed by atoms with van der Waals surface area (Å²) in [5.74, 6) is -3.69. The van der Waals surface area contributed by atoms with E-state index >= 15 is 0 Å². The molecule has 0 aliphatic rings. The number of carboxylic acid groups (broad SMARTS) is 1. The molecule has 162 valence electrons. The Morgan fingerprint density at radius 2 is 1.83 bits per heavy atom. The largest absolute Gasteiger partial charge is 0.480 e. The van der Waals surface area contributed by atoms with Gasteiger partial charge >= 0.3 is 5.97 Å². The molecule has 0 aliphatic carbocycles. The van der Waals surface area contributed by atoms with Crippen molar-refractivity contribution in [1.82, 2.24) is 25.9 Å². The van der Waals surface area contributed by atoms with Crippen LogP contribution in [0.15, 0.2) is 12.5 Å². The second-order valence-electron chi connectivity index (χ2n) is 6.43. The lowest BCUT2D eigenvalue weighted by Gasteiger charge is -2.25. The van der Waals surface area contributed by atoms with Crippen LogP contribution >= 0.6 is 12.6 Å². The summed E-state index contributed by atoms with van der Waals surface area (Å²) in [7, 11) is 0. The van der Waals surface area contributed by atoms with Crippen LogP contribution in [0.3, 0.4) is 0 Å². The molecule has 0 aliphatic heterocycles. The van der Waals surface area contributed by atoms with E-state index in [4.69, 9.17) is 10.8 Å². The van der Waals surface area contributed by atoms with E-state index < -0.39 is 54.0 Å². The van der Waals surface area contributed by atoms with E-state index in [1.807, 2.05) is 0 Å². The summed E-state index contributed by atoms with van der Waals surface area (Å²) in [6.45, 7) is 2.55. The minimum atomic E-state index is -1.39. The summed E-state index contributed by atoms with van der Waals surface area (Å²) in [5, 5.41) is 25.6. The maximum absolute atomic E-state index is 12.5. The van der Waals surface area contributed by atoms with E-state index in [9.17, 15) is 24.3 Å². The molecule has 5 atom stereocenters. The molecule has 0 aromatic carbocycles. The number of nitrogens with zero attached hydrogens (tertiary/aromatic N) is 1. The molecule has 1 rings (SSSR count). The van der Waals surface area contributed by atoms with Crippen molar-refractivity contribution in [3.05, 3.63) is 18.2 Å². The molecule has 29 heavy (non-hydrogen) atoms. The SMILES string of the molecule is CC(NC(=O)C(CS)NC(=O)C(NC(=O)C(N)Cc1cnc[nH]1)C(C)O)C(=O)O. The maximum Gasteiger partial charge on any atom is 0.325 e. The van der Waals surface area contributed by atoms with Gasteiger partial charge in [0.1, 0.15) is 18.1 Å². The van der Waals surface area contributed by atoms with Crippen LogP contribution in [-0.2, 0) is 25.6 Å². The van der Waals surface area contributed by atoms with E-state index in [0.717, 1.165) is 0 Å². The molecule has 0 saturated carbocycles. The molecular formula is C16H26N6O6S. The fourth-order valence-corrected chi connectivity index (χ4v) is 2.48. The number of thiol groups is 1. The van der Waals surface area contributed by atoms with Gasteiger partial charge in [0.25, 0.3) is 0 Å². The van der Waals surface area contributed by atoms with Crippen molar-refractivity contribution in [3.63, 3.8) is 0 Å². The zero-order valence-corrected chi connectivity index (χ0v) is 16.8. The van der Waals surface area contributed by atoms with Gasteiger partial charge in [-0.2, -0.15) is 12.6 Å². The van der Waals surface area contributed by atoms with Gasteiger partial charge in [0, 0.05) is 24.1 Å². The minimum absolute atomic E-state index is 0.134. The number of amides is 3. The zero-order valence-electron chi connectivity index (χ0n) is 16.0. The number of carboxylic acids is 1. The van der Waals surface area contributed by atoms with Crippen molar-refractivity contribution in [2.75, 3.05) is 5.75 Å². The molecular weight excluding hydrogens is 404 g/mol. The first-order valence-electron chi connectivity index (χ1n) is 8.72. The highest BCUT2D eigenvalue weighted by Gasteiger charge is 2.31. The minimum Gasteiger partial charge on any atom is -0.480 e. The average Bonchev–Trinajstić information content (AvgIpc) is 3.15. The molecule has 0 bridgehead atoms. The topological polar surface area (TPSA) is 200 Å². The number of H-pyrrole nitrogens is 1. The van der Waals surface area contributed by atoms with Gasteiger partial charge in [-0.1, -0.05) is 0 Å². The number of carbonyl (C=O) groups excluding carboxylic acids is 3. The number of aliphatic hydroxyl groups excluding tert-OH is 1. The highest BCUT2D eigenvalue weighted by Crippen LogP contribution is 2.01. The number of rotatable bonds is 11. The van der Waals surface area contributed by atoms with Gasteiger partial charge in [-0.15, -0.1) is 0 Å². The summed E-state index contributed by atoms with van der Waals surface area (Å²) >= 11 is 3.97. The Labute approximate surface area is 172 Å². The Bertz CT molecular complexity index is 713. The van der Waals surface area contributed by atoms with E-state index in [2.05, 4.69) is 38.5 Å². The number of imidazole rings is 1. The average molecular weight is 430 g/mol. The maximum atomic E-state index is 12.5. The molecule has 1 heterocycles. The predicted molar refractivity (Wildman–Crippen MR) is 105 cm³/mol. The molecule has 13 heteroatoms. The van der Waals surface area contributed by atoms with Gasteiger partial charge in [-0.25, -0.2) is 4.98 Å². The molecule has 8 N–H and O–H groups in total. The van der Waals surface area contributed by atoms with Crippen molar-refractivity contribution in [1.29, 1.82) is 0 Å². The Morgan fingerprint density at radius 3 is 2.31 bits per heavy atom. The van der Waals surface area contributed by atoms with Crippen LogP contribution in [-0.4, -0.2) is 79.9 Å². The number of nitrogens with one attached hydrogen (secondary N) is 4. The van der Waals surface area contributed by atoms with Crippen molar-refractivity contribution < 1.29 is 29.4 Å². The molecule has 1 aromatic heterocycles. The molecule has 12 nitrogen and oxygen atoms in total. The second-order valence-corrected chi connectivity index (χ2v) is 6.79. The molecule has 3 amide bonds. The zero-order chi connectivity index (χ0) is 22.1. The lowest BCUT2D eigenvalue weighted by molar-refractivity contribution is -0.141. The number of aromatic nitrogens is 2. The van der Waals surface area contributed by atoms with Gasteiger partial charge < -0.3 is 36.9 Å².